The topological polar surface area (TPSA) is 34.1 Å². The van der Waals surface area contributed by atoms with Gasteiger partial charge in [-0.2, -0.15) is 0 Å². The SMILES string of the molecule is COCC(NCc1scnc1C)c1ccccc1. The molecule has 0 amide bonds. The smallest absolute Gasteiger partial charge is 0.0798 e. The molecule has 1 unspecified atom stereocenters. The Labute approximate surface area is 112 Å². The standard InChI is InChI=1S/C14H18N2OS/c1-11-14(18-10-16-11)8-15-13(9-17-2)12-6-4-3-5-7-12/h3-7,10,13,15H,8-9H2,1-2H3. The van der Waals surface area contributed by atoms with Crippen LogP contribution in [-0.4, -0.2) is 18.7 Å². The predicted molar refractivity (Wildman–Crippen MR) is 74.7 cm³/mol. The second-order valence-corrected chi connectivity index (χ2v) is 5.10. The molecule has 0 aliphatic carbocycles. The number of aryl methyl sites for hydroxylation is 1. The third-order valence-corrected chi connectivity index (χ3v) is 3.82. The summed E-state index contributed by atoms with van der Waals surface area (Å²) in [6, 6.07) is 10.6. The van der Waals surface area contributed by atoms with Crippen molar-refractivity contribution in [3.8, 4) is 0 Å². The molecule has 0 saturated heterocycles. The van der Waals surface area contributed by atoms with Crippen LogP contribution < -0.4 is 5.32 Å². The van der Waals surface area contributed by atoms with Gasteiger partial charge in [0.15, 0.2) is 0 Å². The van der Waals surface area contributed by atoms with Gasteiger partial charge in [-0.3, -0.25) is 0 Å². The maximum Gasteiger partial charge on any atom is 0.0798 e. The number of rotatable bonds is 6. The summed E-state index contributed by atoms with van der Waals surface area (Å²) in [7, 11) is 1.73. The van der Waals surface area contributed by atoms with Crippen molar-refractivity contribution in [2.24, 2.45) is 0 Å². The average molecular weight is 262 g/mol. The molecule has 1 aromatic carbocycles. The molecule has 1 aromatic heterocycles. The Balaban J connectivity index is 2.01. The molecule has 0 radical (unpaired) electrons. The van der Waals surface area contributed by atoms with Crippen molar-refractivity contribution in [3.63, 3.8) is 0 Å². The molecule has 3 nitrogen and oxygen atoms in total. The van der Waals surface area contributed by atoms with Crippen LogP contribution in [-0.2, 0) is 11.3 Å². The highest BCUT2D eigenvalue weighted by Gasteiger charge is 2.11. The van der Waals surface area contributed by atoms with Crippen LogP contribution in [0.1, 0.15) is 22.2 Å². The van der Waals surface area contributed by atoms with E-state index in [0.29, 0.717) is 6.61 Å². The first kappa shape index (κ1) is 13.2. The number of hydrogen-bond donors (Lipinski definition) is 1. The molecule has 1 N–H and O–H groups in total. The zero-order valence-electron chi connectivity index (χ0n) is 10.7. The molecule has 0 spiro atoms. The van der Waals surface area contributed by atoms with Crippen LogP contribution in [0.3, 0.4) is 0 Å². The Morgan fingerprint density at radius 2 is 2.11 bits per heavy atom. The van der Waals surface area contributed by atoms with Crippen molar-refractivity contribution >= 4 is 11.3 Å². The van der Waals surface area contributed by atoms with Gasteiger partial charge in [-0.25, -0.2) is 4.98 Å². The largest absolute Gasteiger partial charge is 0.383 e. The average Bonchev–Trinajstić information content (AvgIpc) is 2.81. The third-order valence-electron chi connectivity index (χ3n) is 2.89. The second kappa shape index (κ2) is 6.64. The number of nitrogens with one attached hydrogen (secondary N) is 1. The minimum absolute atomic E-state index is 0.220. The van der Waals surface area contributed by atoms with E-state index in [1.165, 1.54) is 10.4 Å². The Kier molecular flexibility index (Phi) is 4.87. The lowest BCUT2D eigenvalue weighted by Crippen LogP contribution is -2.24. The summed E-state index contributed by atoms with van der Waals surface area (Å²) in [6.45, 7) is 3.54. The predicted octanol–water partition coefficient (Wildman–Crippen LogP) is 2.93. The van der Waals surface area contributed by atoms with Gasteiger partial charge in [0.2, 0.25) is 0 Å². The van der Waals surface area contributed by atoms with Crippen LogP contribution in [0.25, 0.3) is 0 Å². The number of nitrogens with zero attached hydrogens (tertiary/aromatic N) is 1. The van der Waals surface area contributed by atoms with Gasteiger partial charge < -0.3 is 10.1 Å². The lowest BCUT2D eigenvalue weighted by atomic mass is 10.1. The van der Waals surface area contributed by atoms with E-state index in [4.69, 9.17) is 4.74 Å². The maximum atomic E-state index is 5.28. The van der Waals surface area contributed by atoms with Crippen LogP contribution in [0.2, 0.25) is 0 Å². The normalized spacial score (nSPS) is 12.6. The van der Waals surface area contributed by atoms with E-state index in [-0.39, 0.29) is 6.04 Å². The third kappa shape index (κ3) is 3.38. The molecule has 2 rings (SSSR count). The molecular weight excluding hydrogens is 244 g/mol. The highest BCUT2D eigenvalue weighted by atomic mass is 32.1. The first-order valence-corrected chi connectivity index (χ1v) is 6.85. The molecule has 0 bridgehead atoms. The van der Waals surface area contributed by atoms with Crippen LogP contribution in [0.5, 0.6) is 0 Å². The van der Waals surface area contributed by atoms with Crippen LogP contribution in [0.4, 0.5) is 0 Å². The molecule has 4 heteroatoms. The molecule has 0 fully saturated rings. The van der Waals surface area contributed by atoms with Crippen LogP contribution in [0, 0.1) is 6.92 Å². The van der Waals surface area contributed by atoms with Crippen molar-refractivity contribution in [2.75, 3.05) is 13.7 Å². The zero-order valence-corrected chi connectivity index (χ0v) is 11.5. The molecule has 96 valence electrons. The van der Waals surface area contributed by atoms with Gasteiger partial charge in [0.1, 0.15) is 0 Å². The van der Waals surface area contributed by atoms with Crippen molar-refractivity contribution < 1.29 is 4.74 Å². The number of benzene rings is 1. The number of aromatic nitrogens is 1. The van der Waals surface area contributed by atoms with Crippen molar-refractivity contribution in [1.82, 2.24) is 10.3 Å². The van der Waals surface area contributed by atoms with Crippen molar-refractivity contribution in [2.45, 2.75) is 19.5 Å². The lowest BCUT2D eigenvalue weighted by Gasteiger charge is -2.18. The van der Waals surface area contributed by atoms with Crippen LogP contribution in [0.15, 0.2) is 35.8 Å². The summed E-state index contributed by atoms with van der Waals surface area (Å²) < 4.78 is 5.28. The molecule has 1 heterocycles. The minimum atomic E-state index is 0.220. The van der Waals surface area contributed by atoms with E-state index in [1.54, 1.807) is 18.4 Å². The van der Waals surface area contributed by atoms with E-state index in [1.807, 2.05) is 18.5 Å². The van der Waals surface area contributed by atoms with Gasteiger partial charge in [-0.1, -0.05) is 30.3 Å². The van der Waals surface area contributed by atoms with E-state index >= 15 is 0 Å². The van der Waals surface area contributed by atoms with Gasteiger partial charge in [0, 0.05) is 18.5 Å². The first-order chi connectivity index (χ1) is 8.81. The Morgan fingerprint density at radius 3 is 2.72 bits per heavy atom. The van der Waals surface area contributed by atoms with Crippen molar-refractivity contribution in [3.05, 3.63) is 52.0 Å². The maximum absolute atomic E-state index is 5.28. The quantitative estimate of drug-likeness (QED) is 0.869. The fourth-order valence-corrected chi connectivity index (χ4v) is 2.56. The first-order valence-electron chi connectivity index (χ1n) is 5.97. The minimum Gasteiger partial charge on any atom is -0.383 e. The molecule has 1 atom stereocenters. The summed E-state index contributed by atoms with van der Waals surface area (Å²) in [6.07, 6.45) is 0. The summed E-state index contributed by atoms with van der Waals surface area (Å²) in [4.78, 5) is 5.54. The summed E-state index contributed by atoms with van der Waals surface area (Å²) in [5.41, 5.74) is 4.25. The zero-order chi connectivity index (χ0) is 12.8. The van der Waals surface area contributed by atoms with E-state index in [2.05, 4.69) is 34.6 Å². The monoisotopic (exact) mass is 262 g/mol. The molecular formula is C14H18N2OS. The van der Waals surface area contributed by atoms with Crippen LogP contribution >= 0.6 is 11.3 Å². The van der Waals surface area contributed by atoms with Crippen molar-refractivity contribution in [1.29, 1.82) is 0 Å². The lowest BCUT2D eigenvalue weighted by molar-refractivity contribution is 0.166. The summed E-state index contributed by atoms with van der Waals surface area (Å²) >= 11 is 1.69. The van der Waals surface area contributed by atoms with Gasteiger partial charge in [0.05, 0.1) is 23.9 Å². The van der Waals surface area contributed by atoms with Gasteiger partial charge in [-0.05, 0) is 12.5 Å². The molecule has 0 aliphatic heterocycles. The van der Waals surface area contributed by atoms with E-state index < -0.39 is 0 Å². The Morgan fingerprint density at radius 1 is 1.33 bits per heavy atom. The fraction of sp³-hybridized carbons (Fsp3) is 0.357. The number of hydrogen-bond acceptors (Lipinski definition) is 4. The van der Waals surface area contributed by atoms with Gasteiger partial charge in [0.25, 0.3) is 0 Å². The molecule has 0 aliphatic rings. The highest BCUT2D eigenvalue weighted by molar-refractivity contribution is 7.09. The Hall–Kier alpha value is -1.23. The van der Waals surface area contributed by atoms with E-state index in [0.717, 1.165) is 12.2 Å². The Bertz CT molecular complexity index is 470. The number of methoxy groups -OCH3 is 1. The molecule has 18 heavy (non-hydrogen) atoms. The number of thiazole rings is 1. The van der Waals surface area contributed by atoms with E-state index in [9.17, 15) is 0 Å². The number of ether oxygens (including phenoxy) is 1. The fourth-order valence-electron chi connectivity index (χ4n) is 1.84. The molecule has 2 aromatic rings. The summed E-state index contributed by atoms with van der Waals surface area (Å²) in [5, 5.41) is 3.53. The summed E-state index contributed by atoms with van der Waals surface area (Å²) in [5.74, 6) is 0. The van der Waals surface area contributed by atoms with Gasteiger partial charge >= 0.3 is 0 Å². The second-order valence-electron chi connectivity index (χ2n) is 4.16. The highest BCUT2D eigenvalue weighted by Crippen LogP contribution is 2.16. The molecule has 0 saturated carbocycles. The van der Waals surface area contributed by atoms with Gasteiger partial charge in [-0.15, -0.1) is 11.3 Å².